The van der Waals surface area contributed by atoms with Crippen molar-refractivity contribution in [3.05, 3.63) is 71.3 Å². The molecule has 1 nitrogen and oxygen atoms in total. The van der Waals surface area contributed by atoms with Gasteiger partial charge in [0.05, 0.1) is 0 Å². The summed E-state index contributed by atoms with van der Waals surface area (Å²) >= 11 is 0. The molecule has 2 aromatic carbocycles. The smallest absolute Gasteiger partial charge is 0.0266 e. The minimum atomic E-state index is 0.0751. The topological polar surface area (TPSA) is 26.0 Å². The molecule has 0 heterocycles. The molecule has 0 unspecified atom stereocenters. The average Bonchev–Trinajstić information content (AvgIpc) is 2.38. The lowest BCUT2D eigenvalue weighted by Gasteiger charge is -2.03. The first-order valence-corrected chi connectivity index (χ1v) is 5.68. The fourth-order valence-electron chi connectivity index (χ4n) is 1.54. The maximum absolute atomic E-state index is 5.79. The largest absolute Gasteiger partial charge is 0.324 e. The highest BCUT2D eigenvalue weighted by molar-refractivity contribution is 5.43. The first kappa shape index (κ1) is 11.4. The van der Waals surface area contributed by atoms with E-state index in [0.29, 0.717) is 0 Å². The van der Waals surface area contributed by atoms with Gasteiger partial charge in [0.1, 0.15) is 0 Å². The van der Waals surface area contributed by atoms with Crippen LogP contribution in [-0.2, 0) is 0 Å². The Balaban J connectivity index is 2.17. The Kier molecular flexibility index (Phi) is 3.59. The summed E-state index contributed by atoms with van der Waals surface area (Å²) in [7, 11) is 0. The van der Waals surface area contributed by atoms with Crippen molar-refractivity contribution in [3.8, 4) is 11.8 Å². The quantitative estimate of drug-likeness (QED) is 0.736. The number of hydrogen-bond acceptors (Lipinski definition) is 1. The van der Waals surface area contributed by atoms with E-state index >= 15 is 0 Å². The van der Waals surface area contributed by atoms with Gasteiger partial charge in [0, 0.05) is 17.2 Å². The van der Waals surface area contributed by atoms with Gasteiger partial charge in [-0.1, -0.05) is 42.2 Å². The van der Waals surface area contributed by atoms with E-state index in [-0.39, 0.29) is 6.04 Å². The van der Waals surface area contributed by atoms with Crippen LogP contribution in [0.15, 0.2) is 54.6 Å². The fourth-order valence-corrected chi connectivity index (χ4v) is 1.54. The molecule has 2 aromatic rings. The van der Waals surface area contributed by atoms with Gasteiger partial charge >= 0.3 is 0 Å². The first-order chi connectivity index (χ1) is 8.25. The van der Waals surface area contributed by atoms with Crippen molar-refractivity contribution in [2.75, 3.05) is 0 Å². The lowest BCUT2D eigenvalue weighted by Crippen LogP contribution is -2.04. The summed E-state index contributed by atoms with van der Waals surface area (Å²) < 4.78 is 0. The molecule has 17 heavy (non-hydrogen) atoms. The lowest BCUT2D eigenvalue weighted by atomic mass is 10.1. The number of nitrogens with two attached hydrogens (primary N) is 1. The Hall–Kier alpha value is -2.04. The molecule has 0 fully saturated rings. The van der Waals surface area contributed by atoms with Crippen LogP contribution in [0, 0.1) is 11.8 Å². The van der Waals surface area contributed by atoms with Crippen LogP contribution >= 0.6 is 0 Å². The van der Waals surface area contributed by atoms with Crippen molar-refractivity contribution in [3.63, 3.8) is 0 Å². The minimum Gasteiger partial charge on any atom is -0.324 e. The molecular weight excluding hydrogens is 206 g/mol. The zero-order valence-electron chi connectivity index (χ0n) is 9.85. The molecular formula is C16H15N. The molecule has 0 aliphatic rings. The molecule has 0 aromatic heterocycles. The molecule has 0 radical (unpaired) electrons. The van der Waals surface area contributed by atoms with Crippen LogP contribution in [0.5, 0.6) is 0 Å². The minimum absolute atomic E-state index is 0.0751. The fraction of sp³-hybridized carbons (Fsp3) is 0.125. The van der Waals surface area contributed by atoms with Crippen LogP contribution in [0.1, 0.15) is 29.7 Å². The van der Waals surface area contributed by atoms with Crippen LogP contribution < -0.4 is 5.73 Å². The molecule has 0 aliphatic heterocycles. The number of benzene rings is 2. The van der Waals surface area contributed by atoms with E-state index in [2.05, 4.69) is 11.8 Å². The van der Waals surface area contributed by atoms with Gasteiger partial charge in [0.2, 0.25) is 0 Å². The van der Waals surface area contributed by atoms with Crippen molar-refractivity contribution in [1.82, 2.24) is 0 Å². The molecule has 1 atom stereocenters. The number of rotatable bonds is 1. The molecule has 2 N–H and O–H groups in total. The Labute approximate surface area is 102 Å². The molecule has 0 aliphatic carbocycles. The molecule has 0 saturated heterocycles. The van der Waals surface area contributed by atoms with E-state index in [1.54, 1.807) is 0 Å². The highest BCUT2D eigenvalue weighted by Gasteiger charge is 1.97. The molecule has 1 heteroatoms. The van der Waals surface area contributed by atoms with Gasteiger partial charge in [-0.05, 0) is 36.8 Å². The van der Waals surface area contributed by atoms with E-state index in [0.717, 1.165) is 16.7 Å². The molecule has 0 amide bonds. The summed E-state index contributed by atoms with van der Waals surface area (Å²) in [6.45, 7) is 1.98. The molecule has 0 bridgehead atoms. The van der Waals surface area contributed by atoms with Crippen LogP contribution in [0.4, 0.5) is 0 Å². The van der Waals surface area contributed by atoms with E-state index in [1.165, 1.54) is 0 Å². The normalized spacial score (nSPS) is 11.4. The summed E-state index contributed by atoms with van der Waals surface area (Å²) in [4.78, 5) is 0. The summed E-state index contributed by atoms with van der Waals surface area (Å²) in [5.74, 6) is 6.26. The van der Waals surface area contributed by atoms with Crippen molar-refractivity contribution in [2.45, 2.75) is 13.0 Å². The Bertz CT molecular complexity index is 527. The zero-order valence-corrected chi connectivity index (χ0v) is 9.85. The van der Waals surface area contributed by atoms with Gasteiger partial charge in [-0.15, -0.1) is 0 Å². The maximum atomic E-state index is 5.79. The third kappa shape index (κ3) is 3.21. The Morgan fingerprint density at radius 2 is 1.35 bits per heavy atom. The maximum Gasteiger partial charge on any atom is 0.0266 e. The molecule has 84 valence electrons. The van der Waals surface area contributed by atoms with Gasteiger partial charge < -0.3 is 5.73 Å². The molecule has 2 rings (SSSR count). The first-order valence-electron chi connectivity index (χ1n) is 5.68. The summed E-state index contributed by atoms with van der Waals surface area (Å²) in [5.41, 5.74) is 8.97. The van der Waals surface area contributed by atoms with Crippen molar-refractivity contribution in [1.29, 1.82) is 0 Å². The summed E-state index contributed by atoms with van der Waals surface area (Å²) in [5, 5.41) is 0. The van der Waals surface area contributed by atoms with Crippen LogP contribution in [0.25, 0.3) is 0 Å². The second-order valence-corrected chi connectivity index (χ2v) is 4.03. The van der Waals surface area contributed by atoms with Crippen molar-refractivity contribution >= 4 is 0 Å². The standard InChI is InChI=1S/C16H15N/c1-13(17)16-11-9-15(10-12-16)8-7-14-5-3-2-4-6-14/h2-6,9-13H,17H2,1H3/t13-/m1/s1. The van der Waals surface area contributed by atoms with Gasteiger partial charge in [0.25, 0.3) is 0 Å². The van der Waals surface area contributed by atoms with Gasteiger partial charge in [0.15, 0.2) is 0 Å². The van der Waals surface area contributed by atoms with Crippen LogP contribution in [-0.4, -0.2) is 0 Å². The summed E-state index contributed by atoms with van der Waals surface area (Å²) in [6.07, 6.45) is 0. The Morgan fingerprint density at radius 3 is 1.88 bits per heavy atom. The van der Waals surface area contributed by atoms with E-state index in [9.17, 15) is 0 Å². The van der Waals surface area contributed by atoms with Crippen LogP contribution in [0.3, 0.4) is 0 Å². The highest BCUT2D eigenvalue weighted by Crippen LogP contribution is 2.10. The SMILES string of the molecule is C[C@@H](N)c1ccc(C#Cc2ccccc2)cc1. The molecule has 0 saturated carbocycles. The third-order valence-corrected chi connectivity index (χ3v) is 2.56. The van der Waals surface area contributed by atoms with Crippen molar-refractivity contribution < 1.29 is 0 Å². The lowest BCUT2D eigenvalue weighted by molar-refractivity contribution is 0.818. The monoisotopic (exact) mass is 221 g/mol. The van der Waals surface area contributed by atoms with E-state index in [1.807, 2.05) is 61.5 Å². The van der Waals surface area contributed by atoms with Gasteiger partial charge in [-0.2, -0.15) is 0 Å². The predicted octanol–water partition coefficient (Wildman–Crippen LogP) is 3.11. The number of hydrogen-bond donors (Lipinski definition) is 1. The Morgan fingerprint density at radius 1 is 0.824 bits per heavy atom. The third-order valence-electron chi connectivity index (χ3n) is 2.56. The van der Waals surface area contributed by atoms with Crippen molar-refractivity contribution in [2.24, 2.45) is 5.73 Å². The summed E-state index contributed by atoms with van der Waals surface area (Å²) in [6, 6.07) is 18.1. The average molecular weight is 221 g/mol. The van der Waals surface area contributed by atoms with Gasteiger partial charge in [-0.25, -0.2) is 0 Å². The predicted molar refractivity (Wildman–Crippen MR) is 71.5 cm³/mol. The zero-order chi connectivity index (χ0) is 12.1. The highest BCUT2D eigenvalue weighted by atomic mass is 14.6. The van der Waals surface area contributed by atoms with Crippen LogP contribution in [0.2, 0.25) is 0 Å². The second kappa shape index (κ2) is 5.34. The van der Waals surface area contributed by atoms with E-state index < -0.39 is 0 Å². The van der Waals surface area contributed by atoms with E-state index in [4.69, 9.17) is 5.73 Å². The van der Waals surface area contributed by atoms with Gasteiger partial charge in [-0.3, -0.25) is 0 Å². The second-order valence-electron chi connectivity index (χ2n) is 4.03. The molecule has 0 spiro atoms.